The Balaban J connectivity index is 1.91. The summed E-state index contributed by atoms with van der Waals surface area (Å²) < 4.78 is 5.79. The Morgan fingerprint density at radius 3 is 2.69 bits per heavy atom. The molecule has 8 heteroatoms. The fourth-order valence-corrected chi connectivity index (χ4v) is 3.09. The number of thioether (sulfide) groups is 1. The van der Waals surface area contributed by atoms with Crippen LogP contribution in [0.15, 0.2) is 47.4 Å². The lowest BCUT2D eigenvalue weighted by Gasteiger charge is -2.10. The monoisotopic (exact) mass is 370 g/mol. The van der Waals surface area contributed by atoms with Crippen LogP contribution >= 0.6 is 11.8 Å². The molecule has 0 radical (unpaired) electrons. The van der Waals surface area contributed by atoms with Gasteiger partial charge < -0.3 is 4.74 Å². The number of nitrogens with one attached hydrogen (secondary N) is 1. The lowest BCUT2D eigenvalue weighted by molar-refractivity contribution is -0.384. The summed E-state index contributed by atoms with van der Waals surface area (Å²) in [4.78, 5) is 33.7. The van der Waals surface area contributed by atoms with Crippen LogP contribution in [0.4, 0.5) is 10.5 Å². The van der Waals surface area contributed by atoms with Crippen molar-refractivity contribution in [2.75, 3.05) is 0 Å². The third-order valence-electron chi connectivity index (χ3n) is 3.61. The van der Waals surface area contributed by atoms with E-state index in [0.717, 1.165) is 22.9 Å². The van der Waals surface area contributed by atoms with Gasteiger partial charge in [0.25, 0.3) is 16.8 Å². The average molecular weight is 370 g/mol. The number of aryl methyl sites for hydroxylation is 1. The van der Waals surface area contributed by atoms with Gasteiger partial charge in [0, 0.05) is 17.7 Å². The molecule has 1 heterocycles. The van der Waals surface area contributed by atoms with Crippen LogP contribution in [0.3, 0.4) is 0 Å². The minimum atomic E-state index is -0.531. The molecule has 132 valence electrons. The third kappa shape index (κ3) is 4.09. The van der Waals surface area contributed by atoms with Crippen LogP contribution in [0, 0.1) is 17.0 Å². The van der Waals surface area contributed by atoms with Crippen LogP contribution in [-0.2, 0) is 11.4 Å². The molecule has 7 nitrogen and oxygen atoms in total. The van der Waals surface area contributed by atoms with Crippen molar-refractivity contribution >= 4 is 34.7 Å². The van der Waals surface area contributed by atoms with Gasteiger partial charge >= 0.3 is 0 Å². The number of imide groups is 1. The molecule has 2 aromatic carbocycles. The van der Waals surface area contributed by atoms with Crippen LogP contribution in [0.1, 0.15) is 16.7 Å². The molecule has 0 bridgehead atoms. The second-order valence-corrected chi connectivity index (χ2v) is 6.62. The van der Waals surface area contributed by atoms with E-state index >= 15 is 0 Å². The zero-order valence-electron chi connectivity index (χ0n) is 13.7. The molecular weight excluding hydrogens is 356 g/mol. The average Bonchev–Trinajstić information content (AvgIpc) is 2.91. The maximum Gasteiger partial charge on any atom is 0.290 e. The van der Waals surface area contributed by atoms with Crippen LogP contribution in [0.25, 0.3) is 6.08 Å². The van der Waals surface area contributed by atoms with Gasteiger partial charge in [-0.3, -0.25) is 25.0 Å². The van der Waals surface area contributed by atoms with Crippen molar-refractivity contribution in [3.63, 3.8) is 0 Å². The highest BCUT2D eigenvalue weighted by Gasteiger charge is 2.25. The Labute approximate surface area is 153 Å². The quantitative estimate of drug-likeness (QED) is 0.488. The summed E-state index contributed by atoms with van der Waals surface area (Å²) in [6.07, 6.45) is 1.42. The molecule has 0 atom stereocenters. The highest BCUT2D eigenvalue weighted by atomic mass is 32.2. The fraction of sp³-hybridized carbons (Fsp3) is 0.111. The lowest BCUT2D eigenvalue weighted by atomic mass is 10.1. The summed E-state index contributed by atoms with van der Waals surface area (Å²) >= 11 is 0.744. The molecule has 2 amide bonds. The van der Waals surface area contributed by atoms with Crippen molar-refractivity contribution in [3.05, 3.63) is 74.2 Å². The van der Waals surface area contributed by atoms with E-state index in [4.69, 9.17) is 4.74 Å². The van der Waals surface area contributed by atoms with E-state index in [1.54, 1.807) is 0 Å². The topological polar surface area (TPSA) is 98.5 Å². The zero-order valence-corrected chi connectivity index (χ0v) is 14.5. The molecule has 0 aliphatic carbocycles. The van der Waals surface area contributed by atoms with Crippen LogP contribution in [0.2, 0.25) is 0 Å². The highest BCUT2D eigenvalue weighted by Crippen LogP contribution is 2.31. The Kier molecular flexibility index (Phi) is 5.04. The van der Waals surface area contributed by atoms with Crippen molar-refractivity contribution in [2.24, 2.45) is 0 Å². The lowest BCUT2D eigenvalue weighted by Crippen LogP contribution is -2.17. The number of ether oxygens (including phenoxy) is 1. The molecule has 0 spiro atoms. The minimum Gasteiger partial charge on any atom is -0.488 e. The number of nitro groups is 1. The van der Waals surface area contributed by atoms with E-state index in [1.807, 2.05) is 31.2 Å². The van der Waals surface area contributed by atoms with Crippen molar-refractivity contribution in [2.45, 2.75) is 13.5 Å². The fourth-order valence-electron chi connectivity index (χ4n) is 2.42. The first-order valence-corrected chi connectivity index (χ1v) is 8.45. The van der Waals surface area contributed by atoms with Gasteiger partial charge in [-0.05, 0) is 36.4 Å². The Morgan fingerprint density at radius 2 is 2.04 bits per heavy atom. The predicted octanol–water partition coefficient (Wildman–Crippen LogP) is 3.81. The zero-order chi connectivity index (χ0) is 18.7. The summed E-state index contributed by atoms with van der Waals surface area (Å²) in [7, 11) is 0. The summed E-state index contributed by atoms with van der Waals surface area (Å²) in [5.41, 5.74) is 2.27. The van der Waals surface area contributed by atoms with Crippen molar-refractivity contribution in [1.29, 1.82) is 0 Å². The van der Waals surface area contributed by atoms with Gasteiger partial charge in [-0.2, -0.15) is 0 Å². The van der Waals surface area contributed by atoms with E-state index in [-0.39, 0.29) is 17.2 Å². The first-order valence-electron chi connectivity index (χ1n) is 7.64. The first kappa shape index (κ1) is 17.7. The van der Waals surface area contributed by atoms with E-state index in [0.29, 0.717) is 11.3 Å². The molecule has 3 rings (SSSR count). The number of hydrogen-bond donors (Lipinski definition) is 1. The summed E-state index contributed by atoms with van der Waals surface area (Å²) in [6, 6.07) is 11.9. The van der Waals surface area contributed by atoms with Gasteiger partial charge in [0.15, 0.2) is 0 Å². The summed E-state index contributed by atoms with van der Waals surface area (Å²) in [5.74, 6) is -0.145. The van der Waals surface area contributed by atoms with Crippen LogP contribution < -0.4 is 10.1 Å². The SMILES string of the molecule is Cc1cccc(COc2ccc([N+](=O)[O-])cc2/C=C2\SC(=O)NC2=O)c1. The third-order valence-corrected chi connectivity index (χ3v) is 4.42. The Hall–Kier alpha value is -3.13. The number of nitrogens with zero attached hydrogens (tertiary/aromatic N) is 1. The van der Waals surface area contributed by atoms with E-state index < -0.39 is 16.1 Å². The Morgan fingerprint density at radius 1 is 1.23 bits per heavy atom. The molecule has 26 heavy (non-hydrogen) atoms. The molecule has 2 aromatic rings. The van der Waals surface area contributed by atoms with Crippen molar-refractivity contribution in [1.82, 2.24) is 5.32 Å². The van der Waals surface area contributed by atoms with Gasteiger partial charge in [0.05, 0.1) is 9.83 Å². The molecule has 0 unspecified atom stereocenters. The van der Waals surface area contributed by atoms with E-state index in [2.05, 4.69) is 5.32 Å². The second kappa shape index (κ2) is 7.40. The largest absolute Gasteiger partial charge is 0.488 e. The number of carbonyl (C=O) groups excluding carboxylic acids is 2. The highest BCUT2D eigenvalue weighted by molar-refractivity contribution is 8.18. The number of amides is 2. The first-order chi connectivity index (χ1) is 12.4. The molecule has 1 aliphatic rings. The number of benzene rings is 2. The van der Waals surface area contributed by atoms with E-state index in [9.17, 15) is 19.7 Å². The van der Waals surface area contributed by atoms with Gasteiger partial charge in [0.2, 0.25) is 0 Å². The molecule has 0 aromatic heterocycles. The molecule has 1 saturated heterocycles. The van der Waals surface area contributed by atoms with Gasteiger partial charge in [-0.25, -0.2) is 0 Å². The maximum absolute atomic E-state index is 11.7. The number of nitro benzene ring substituents is 1. The molecule has 1 aliphatic heterocycles. The van der Waals surface area contributed by atoms with Gasteiger partial charge in [-0.15, -0.1) is 0 Å². The van der Waals surface area contributed by atoms with Crippen LogP contribution in [0.5, 0.6) is 5.75 Å². The standard InChI is InChI=1S/C18H14N2O5S/c1-11-3-2-4-12(7-11)10-25-15-6-5-14(20(23)24)8-13(15)9-16-17(21)19-18(22)26-16/h2-9H,10H2,1H3,(H,19,21,22)/b16-9-. The Bertz CT molecular complexity index is 939. The van der Waals surface area contributed by atoms with E-state index in [1.165, 1.54) is 24.3 Å². The number of carbonyl (C=O) groups is 2. The second-order valence-electron chi connectivity index (χ2n) is 5.61. The molecular formula is C18H14N2O5S. The minimum absolute atomic E-state index is 0.130. The smallest absolute Gasteiger partial charge is 0.290 e. The summed E-state index contributed by atoms with van der Waals surface area (Å²) in [6.45, 7) is 2.24. The number of rotatable bonds is 5. The predicted molar refractivity (Wildman–Crippen MR) is 97.7 cm³/mol. The number of hydrogen-bond acceptors (Lipinski definition) is 6. The maximum atomic E-state index is 11.7. The summed E-state index contributed by atoms with van der Waals surface area (Å²) in [5, 5.41) is 12.7. The molecule has 0 saturated carbocycles. The molecule has 1 N–H and O–H groups in total. The molecule has 1 fully saturated rings. The van der Waals surface area contributed by atoms with Crippen molar-refractivity contribution in [3.8, 4) is 5.75 Å². The normalized spacial score (nSPS) is 15.2. The van der Waals surface area contributed by atoms with Gasteiger partial charge in [-0.1, -0.05) is 29.8 Å². The van der Waals surface area contributed by atoms with Gasteiger partial charge in [0.1, 0.15) is 12.4 Å². The van der Waals surface area contributed by atoms with Crippen molar-refractivity contribution < 1.29 is 19.2 Å². The van der Waals surface area contributed by atoms with Crippen LogP contribution in [-0.4, -0.2) is 16.1 Å². The number of non-ortho nitro benzene ring substituents is 1.